The number of nitrogens with zero attached hydrogens (tertiary/aromatic N) is 2. The summed E-state index contributed by atoms with van der Waals surface area (Å²) in [5, 5.41) is 11.6. The van der Waals surface area contributed by atoms with Gasteiger partial charge in [-0.3, -0.25) is 4.79 Å². The summed E-state index contributed by atoms with van der Waals surface area (Å²) >= 11 is 1.25. The zero-order valence-corrected chi connectivity index (χ0v) is 16.5. The molecule has 1 amide bonds. The van der Waals surface area contributed by atoms with E-state index in [1.54, 1.807) is 0 Å². The Morgan fingerprint density at radius 1 is 1.11 bits per heavy atom. The lowest BCUT2D eigenvalue weighted by Gasteiger charge is -2.17. The molecule has 0 saturated heterocycles. The van der Waals surface area contributed by atoms with Crippen LogP contribution in [0.4, 0.5) is 0 Å². The van der Waals surface area contributed by atoms with Crippen LogP contribution in [0.5, 0.6) is 0 Å². The summed E-state index contributed by atoms with van der Waals surface area (Å²) in [5.41, 5.74) is 4.29. The third-order valence-corrected chi connectivity index (χ3v) is 5.15. The van der Waals surface area contributed by atoms with Crippen LogP contribution in [0.2, 0.25) is 0 Å². The third kappa shape index (κ3) is 4.98. The fourth-order valence-corrected chi connectivity index (χ4v) is 3.35. The first-order valence-electron chi connectivity index (χ1n) is 8.95. The molecular weight excluding hydrogens is 358 g/mol. The van der Waals surface area contributed by atoms with E-state index >= 15 is 0 Å². The normalized spacial score (nSPS) is 12.0. The number of amides is 1. The highest BCUT2D eigenvalue weighted by Gasteiger charge is 2.15. The minimum absolute atomic E-state index is 0.00362. The molecule has 0 fully saturated rings. The van der Waals surface area contributed by atoms with Crippen molar-refractivity contribution in [3.63, 3.8) is 0 Å². The van der Waals surface area contributed by atoms with E-state index in [1.165, 1.54) is 17.3 Å². The maximum atomic E-state index is 12.3. The molecular formula is C21H23N3O2S. The molecule has 27 heavy (non-hydrogen) atoms. The molecule has 0 bridgehead atoms. The van der Waals surface area contributed by atoms with Crippen molar-refractivity contribution in [1.29, 1.82) is 0 Å². The van der Waals surface area contributed by atoms with Crippen LogP contribution in [-0.4, -0.2) is 21.9 Å². The second kappa shape index (κ2) is 8.86. The average Bonchev–Trinajstić information content (AvgIpc) is 3.14. The Kier molecular flexibility index (Phi) is 6.29. The van der Waals surface area contributed by atoms with Crippen LogP contribution in [0.25, 0.3) is 11.5 Å². The van der Waals surface area contributed by atoms with E-state index in [0.29, 0.717) is 11.1 Å². The van der Waals surface area contributed by atoms with Gasteiger partial charge in [0.2, 0.25) is 11.8 Å². The number of carbonyl (C=O) groups is 1. The Hall–Kier alpha value is -2.60. The number of benzene rings is 2. The molecule has 0 saturated carbocycles. The molecule has 3 rings (SSSR count). The summed E-state index contributed by atoms with van der Waals surface area (Å²) in [5.74, 6) is 0.655. The van der Waals surface area contributed by atoms with Crippen LogP contribution >= 0.6 is 11.8 Å². The van der Waals surface area contributed by atoms with Crippen molar-refractivity contribution in [2.24, 2.45) is 0 Å². The SMILES string of the molecule is CC[C@@H](NC(=O)CSc1nnc(-c2ccccc2C)o1)c1ccc(C)cc1. The van der Waals surface area contributed by atoms with Gasteiger partial charge in [0.1, 0.15) is 0 Å². The molecule has 0 aliphatic rings. The number of carbonyl (C=O) groups excluding carboxylic acids is 1. The van der Waals surface area contributed by atoms with Gasteiger partial charge in [-0.2, -0.15) is 0 Å². The van der Waals surface area contributed by atoms with E-state index in [-0.39, 0.29) is 17.7 Å². The molecule has 1 N–H and O–H groups in total. The minimum atomic E-state index is -0.0527. The molecule has 1 heterocycles. The van der Waals surface area contributed by atoms with Gasteiger partial charge in [-0.05, 0) is 37.5 Å². The van der Waals surface area contributed by atoms with E-state index in [1.807, 2.05) is 31.2 Å². The number of hydrogen-bond acceptors (Lipinski definition) is 5. The highest BCUT2D eigenvalue weighted by molar-refractivity contribution is 7.99. The maximum absolute atomic E-state index is 12.3. The fourth-order valence-electron chi connectivity index (χ4n) is 2.77. The fraction of sp³-hybridized carbons (Fsp3) is 0.286. The minimum Gasteiger partial charge on any atom is -0.411 e. The van der Waals surface area contributed by atoms with Crippen LogP contribution < -0.4 is 5.32 Å². The number of hydrogen-bond donors (Lipinski definition) is 1. The van der Waals surface area contributed by atoms with Gasteiger partial charge in [0.25, 0.3) is 5.22 Å². The molecule has 0 aliphatic carbocycles. The topological polar surface area (TPSA) is 68.0 Å². The average molecular weight is 382 g/mol. The van der Waals surface area contributed by atoms with E-state index in [9.17, 15) is 4.79 Å². The smallest absolute Gasteiger partial charge is 0.277 e. The van der Waals surface area contributed by atoms with E-state index in [2.05, 4.69) is 53.6 Å². The standard InChI is InChI=1S/C21H23N3O2S/c1-4-18(16-11-9-14(2)10-12-16)22-19(25)13-27-21-24-23-20(26-21)17-8-6-5-7-15(17)3/h5-12,18H,4,13H2,1-3H3,(H,22,25)/t18-/m1/s1. The third-order valence-electron chi connectivity index (χ3n) is 4.33. The lowest BCUT2D eigenvalue weighted by Crippen LogP contribution is -2.29. The molecule has 1 atom stereocenters. The molecule has 6 heteroatoms. The first-order valence-corrected chi connectivity index (χ1v) is 9.93. The van der Waals surface area contributed by atoms with Crippen molar-refractivity contribution in [1.82, 2.24) is 15.5 Å². The van der Waals surface area contributed by atoms with Gasteiger partial charge < -0.3 is 9.73 Å². The molecule has 2 aromatic carbocycles. The summed E-state index contributed by atoms with van der Waals surface area (Å²) < 4.78 is 5.69. The zero-order chi connectivity index (χ0) is 19.2. The lowest BCUT2D eigenvalue weighted by atomic mass is 10.0. The first-order chi connectivity index (χ1) is 13.1. The summed E-state index contributed by atoms with van der Waals surface area (Å²) in [7, 11) is 0. The summed E-state index contributed by atoms with van der Waals surface area (Å²) in [6.07, 6.45) is 0.831. The molecule has 140 valence electrons. The largest absolute Gasteiger partial charge is 0.411 e. The van der Waals surface area contributed by atoms with Gasteiger partial charge in [0.15, 0.2) is 0 Å². The van der Waals surface area contributed by atoms with Crippen molar-refractivity contribution in [3.8, 4) is 11.5 Å². The van der Waals surface area contributed by atoms with Crippen molar-refractivity contribution in [2.45, 2.75) is 38.5 Å². The van der Waals surface area contributed by atoms with Gasteiger partial charge in [-0.25, -0.2) is 0 Å². The van der Waals surface area contributed by atoms with Crippen LogP contribution in [-0.2, 0) is 4.79 Å². The second-order valence-corrected chi connectivity index (χ2v) is 7.34. The Bertz CT molecular complexity index is 906. The number of aromatic nitrogens is 2. The zero-order valence-electron chi connectivity index (χ0n) is 15.7. The number of nitrogens with one attached hydrogen (secondary N) is 1. The Morgan fingerprint density at radius 2 is 1.85 bits per heavy atom. The van der Waals surface area contributed by atoms with Crippen LogP contribution in [0.15, 0.2) is 58.2 Å². The van der Waals surface area contributed by atoms with Crippen molar-refractivity contribution in [2.75, 3.05) is 5.75 Å². The number of thioether (sulfide) groups is 1. The summed E-state index contributed by atoms with van der Waals surface area (Å²) in [6.45, 7) is 6.11. The van der Waals surface area contributed by atoms with Crippen LogP contribution in [0.3, 0.4) is 0 Å². The van der Waals surface area contributed by atoms with Gasteiger partial charge in [0.05, 0.1) is 11.8 Å². The number of aryl methyl sites for hydroxylation is 2. The molecule has 0 aliphatic heterocycles. The quantitative estimate of drug-likeness (QED) is 0.600. The van der Waals surface area contributed by atoms with Crippen molar-refractivity contribution < 1.29 is 9.21 Å². The predicted molar refractivity (Wildman–Crippen MR) is 108 cm³/mol. The van der Waals surface area contributed by atoms with Gasteiger partial charge in [-0.15, -0.1) is 10.2 Å². The van der Waals surface area contributed by atoms with E-state index in [4.69, 9.17) is 4.42 Å². The van der Waals surface area contributed by atoms with Gasteiger partial charge >= 0.3 is 0 Å². The monoisotopic (exact) mass is 381 g/mol. The molecule has 0 radical (unpaired) electrons. The summed E-state index contributed by atoms with van der Waals surface area (Å²) in [4.78, 5) is 12.3. The van der Waals surface area contributed by atoms with Gasteiger partial charge in [-0.1, -0.05) is 66.7 Å². The lowest BCUT2D eigenvalue weighted by molar-refractivity contribution is -0.119. The molecule has 5 nitrogen and oxygen atoms in total. The first kappa shape index (κ1) is 19.2. The second-order valence-electron chi connectivity index (χ2n) is 6.42. The maximum Gasteiger partial charge on any atom is 0.277 e. The molecule has 1 aromatic heterocycles. The Balaban J connectivity index is 1.57. The highest BCUT2D eigenvalue weighted by Crippen LogP contribution is 2.25. The van der Waals surface area contributed by atoms with E-state index in [0.717, 1.165) is 23.1 Å². The van der Waals surface area contributed by atoms with Crippen molar-refractivity contribution >= 4 is 17.7 Å². The highest BCUT2D eigenvalue weighted by atomic mass is 32.2. The number of rotatable bonds is 7. The van der Waals surface area contributed by atoms with Crippen LogP contribution in [0.1, 0.15) is 36.1 Å². The Morgan fingerprint density at radius 3 is 2.56 bits per heavy atom. The molecule has 0 spiro atoms. The van der Waals surface area contributed by atoms with Gasteiger partial charge in [0, 0.05) is 5.56 Å². The predicted octanol–water partition coefficient (Wildman–Crippen LogP) is 4.71. The van der Waals surface area contributed by atoms with Crippen molar-refractivity contribution in [3.05, 3.63) is 65.2 Å². The van der Waals surface area contributed by atoms with E-state index < -0.39 is 0 Å². The molecule has 3 aromatic rings. The Labute approximate surface area is 163 Å². The summed E-state index contributed by atoms with van der Waals surface area (Å²) in [6, 6.07) is 16.1. The van der Waals surface area contributed by atoms with Crippen LogP contribution in [0, 0.1) is 13.8 Å². The molecule has 0 unspecified atom stereocenters.